The number of rotatable bonds is 2. The van der Waals surface area contributed by atoms with Gasteiger partial charge in [0.1, 0.15) is 17.8 Å². The molecule has 5 aliphatic rings. The second kappa shape index (κ2) is 6.26. The van der Waals surface area contributed by atoms with Crippen molar-refractivity contribution in [1.82, 2.24) is 0 Å². The van der Waals surface area contributed by atoms with Crippen LogP contribution in [-0.2, 0) is 23.8 Å². The molecule has 1 heterocycles. The van der Waals surface area contributed by atoms with E-state index in [2.05, 4.69) is 0 Å². The number of aliphatic hydroxyl groups is 3. The summed E-state index contributed by atoms with van der Waals surface area (Å²) in [7, 11) is 0. The summed E-state index contributed by atoms with van der Waals surface area (Å²) in [4.78, 5) is 24.3. The number of hydrogen-bond acceptors (Lipinski definition) is 8. The maximum Gasteiger partial charge on any atom is 0.303 e. The molecule has 5 rings (SSSR count). The molecule has 5 fully saturated rings. The molecule has 0 radical (unpaired) electrons. The van der Waals surface area contributed by atoms with E-state index in [0.717, 1.165) is 0 Å². The van der Waals surface area contributed by atoms with Crippen molar-refractivity contribution in [2.75, 3.05) is 0 Å². The molecule has 180 valence electrons. The lowest BCUT2D eigenvalue weighted by molar-refractivity contribution is -0.230. The first-order chi connectivity index (χ1) is 14.6. The van der Waals surface area contributed by atoms with E-state index < -0.39 is 57.7 Å². The molecule has 2 bridgehead atoms. The van der Waals surface area contributed by atoms with Crippen molar-refractivity contribution in [1.29, 1.82) is 0 Å². The molecule has 0 amide bonds. The van der Waals surface area contributed by atoms with Gasteiger partial charge in [0.15, 0.2) is 0 Å². The van der Waals surface area contributed by atoms with E-state index in [9.17, 15) is 24.9 Å². The van der Waals surface area contributed by atoms with Gasteiger partial charge in [-0.2, -0.15) is 0 Å². The van der Waals surface area contributed by atoms with Gasteiger partial charge in [-0.3, -0.25) is 9.59 Å². The predicted octanol–water partition coefficient (Wildman–Crippen LogP) is 1.33. The lowest BCUT2D eigenvalue weighted by Gasteiger charge is -2.52. The Morgan fingerprint density at radius 2 is 1.59 bits per heavy atom. The van der Waals surface area contributed by atoms with E-state index in [0.29, 0.717) is 19.3 Å². The second-order valence-electron chi connectivity index (χ2n) is 12.1. The van der Waals surface area contributed by atoms with E-state index in [4.69, 9.17) is 14.2 Å². The Morgan fingerprint density at radius 3 is 2.19 bits per heavy atom. The molecule has 11 atom stereocenters. The first-order valence-corrected chi connectivity index (χ1v) is 11.8. The molecule has 0 unspecified atom stereocenters. The zero-order valence-corrected chi connectivity index (χ0v) is 19.8. The summed E-state index contributed by atoms with van der Waals surface area (Å²) in [6, 6.07) is 0. The largest absolute Gasteiger partial charge is 0.462 e. The molecule has 8 heteroatoms. The van der Waals surface area contributed by atoms with E-state index in [1.165, 1.54) is 13.8 Å². The summed E-state index contributed by atoms with van der Waals surface area (Å²) in [5.41, 5.74) is -5.65. The van der Waals surface area contributed by atoms with Crippen LogP contribution in [0.2, 0.25) is 0 Å². The predicted molar refractivity (Wildman–Crippen MR) is 111 cm³/mol. The Kier molecular flexibility index (Phi) is 4.41. The van der Waals surface area contributed by atoms with Crippen LogP contribution in [0.5, 0.6) is 0 Å². The zero-order chi connectivity index (χ0) is 23.6. The van der Waals surface area contributed by atoms with E-state index in [1.54, 1.807) is 13.8 Å². The van der Waals surface area contributed by atoms with Crippen LogP contribution in [0.15, 0.2) is 0 Å². The standard InChI is InChI=1S/C24H36O8/c1-11(25)30-15-9-23-10-21(5,27)13(18(23)31-12(2)26)7-8-14(23)22(6,28)17-16-19(32-16)20(3,4)24(15,17)29/h13-19,27-29H,7-10H2,1-6H3/t13-,14+,15-,16+,17-,18-,19+,21-,22-,23+,24-/m1/s1. The van der Waals surface area contributed by atoms with Gasteiger partial charge in [0, 0.05) is 36.5 Å². The van der Waals surface area contributed by atoms with E-state index in [1.807, 2.05) is 13.8 Å². The summed E-state index contributed by atoms with van der Waals surface area (Å²) in [6.45, 7) is 9.95. The fourth-order valence-electron chi connectivity index (χ4n) is 8.91. The highest BCUT2D eigenvalue weighted by Gasteiger charge is 2.84. The van der Waals surface area contributed by atoms with Crippen LogP contribution in [0.1, 0.15) is 67.2 Å². The van der Waals surface area contributed by atoms with Gasteiger partial charge in [0.2, 0.25) is 0 Å². The fraction of sp³-hybridized carbons (Fsp3) is 0.917. The molecule has 32 heavy (non-hydrogen) atoms. The average Bonchev–Trinajstić information content (AvgIpc) is 3.35. The fourth-order valence-corrected chi connectivity index (χ4v) is 8.91. The normalized spacial score (nSPS) is 57.0. The first-order valence-electron chi connectivity index (χ1n) is 11.8. The van der Waals surface area contributed by atoms with Gasteiger partial charge < -0.3 is 29.5 Å². The Labute approximate surface area is 188 Å². The molecule has 1 saturated heterocycles. The Balaban J connectivity index is 1.72. The average molecular weight is 453 g/mol. The van der Waals surface area contributed by atoms with E-state index in [-0.39, 0.29) is 30.5 Å². The summed E-state index contributed by atoms with van der Waals surface area (Å²) >= 11 is 0. The highest BCUT2D eigenvalue weighted by Crippen LogP contribution is 2.73. The van der Waals surface area contributed by atoms with Gasteiger partial charge in [-0.05, 0) is 45.4 Å². The van der Waals surface area contributed by atoms with Gasteiger partial charge in [0.05, 0.1) is 23.4 Å². The Bertz CT molecular complexity index is 864. The number of carbonyl (C=O) groups excluding carboxylic acids is 2. The van der Waals surface area contributed by atoms with Crippen molar-refractivity contribution in [2.24, 2.45) is 28.6 Å². The summed E-state index contributed by atoms with van der Waals surface area (Å²) in [6.07, 6.45) is -0.447. The van der Waals surface area contributed by atoms with Crippen molar-refractivity contribution in [3.63, 3.8) is 0 Å². The monoisotopic (exact) mass is 452 g/mol. The molecule has 4 aliphatic carbocycles. The topological polar surface area (TPSA) is 126 Å². The molecular formula is C24H36O8. The smallest absolute Gasteiger partial charge is 0.303 e. The maximum absolute atomic E-state index is 12.3. The minimum Gasteiger partial charge on any atom is -0.462 e. The van der Waals surface area contributed by atoms with Gasteiger partial charge >= 0.3 is 11.9 Å². The molecule has 1 spiro atoms. The number of hydrogen-bond donors (Lipinski definition) is 3. The summed E-state index contributed by atoms with van der Waals surface area (Å²) in [5.74, 6) is -2.31. The lowest BCUT2D eigenvalue weighted by Crippen LogP contribution is -2.63. The Morgan fingerprint density at radius 1 is 0.969 bits per heavy atom. The Hall–Kier alpha value is -1.22. The summed E-state index contributed by atoms with van der Waals surface area (Å²) in [5, 5.41) is 35.9. The minimum absolute atomic E-state index is 0.202. The van der Waals surface area contributed by atoms with Gasteiger partial charge in [0.25, 0.3) is 0 Å². The van der Waals surface area contributed by atoms with Crippen LogP contribution in [0, 0.1) is 28.6 Å². The lowest BCUT2D eigenvalue weighted by atomic mass is 9.57. The third kappa shape index (κ3) is 2.53. The van der Waals surface area contributed by atoms with Crippen LogP contribution < -0.4 is 0 Å². The zero-order valence-electron chi connectivity index (χ0n) is 19.8. The molecular weight excluding hydrogens is 416 g/mol. The molecule has 3 N–H and O–H groups in total. The third-order valence-corrected chi connectivity index (χ3v) is 9.94. The maximum atomic E-state index is 12.3. The number of ether oxygens (including phenoxy) is 3. The number of carbonyl (C=O) groups is 2. The quantitative estimate of drug-likeness (QED) is 0.423. The third-order valence-electron chi connectivity index (χ3n) is 9.94. The van der Waals surface area contributed by atoms with Crippen molar-refractivity contribution in [3.8, 4) is 0 Å². The van der Waals surface area contributed by atoms with Gasteiger partial charge in [-0.25, -0.2) is 0 Å². The van der Waals surface area contributed by atoms with Crippen LogP contribution >= 0.6 is 0 Å². The van der Waals surface area contributed by atoms with Crippen LogP contribution in [0.3, 0.4) is 0 Å². The van der Waals surface area contributed by atoms with Crippen molar-refractivity contribution in [3.05, 3.63) is 0 Å². The highest BCUT2D eigenvalue weighted by molar-refractivity contribution is 5.67. The molecule has 0 aromatic carbocycles. The molecule has 1 aliphatic heterocycles. The van der Waals surface area contributed by atoms with Crippen LogP contribution in [-0.4, -0.2) is 68.5 Å². The first kappa shape index (κ1) is 22.6. The molecule has 0 aromatic rings. The molecule has 8 nitrogen and oxygen atoms in total. The molecule has 4 saturated carbocycles. The highest BCUT2D eigenvalue weighted by atomic mass is 16.6. The van der Waals surface area contributed by atoms with Crippen LogP contribution in [0.25, 0.3) is 0 Å². The minimum atomic E-state index is -1.54. The molecule has 0 aromatic heterocycles. The second-order valence-corrected chi connectivity index (χ2v) is 12.1. The van der Waals surface area contributed by atoms with Gasteiger partial charge in [-0.1, -0.05) is 13.8 Å². The van der Waals surface area contributed by atoms with E-state index >= 15 is 0 Å². The number of fused-ring (bicyclic) bond motifs is 4. The van der Waals surface area contributed by atoms with Crippen LogP contribution in [0.4, 0.5) is 0 Å². The summed E-state index contributed by atoms with van der Waals surface area (Å²) < 4.78 is 17.6. The number of esters is 2. The van der Waals surface area contributed by atoms with Gasteiger partial charge in [-0.15, -0.1) is 0 Å². The van der Waals surface area contributed by atoms with Crippen molar-refractivity contribution >= 4 is 11.9 Å². The SMILES string of the molecule is CC(=O)O[C@@H]1[C@H]2CC[C@H]3[C@@](C)(O)[C@H]4[C@@H]5O[C@@H]5C(C)(C)[C@@]4(O)[C@H](OC(C)=O)C[C@@]13C[C@@]2(C)O. The number of epoxide rings is 1. The van der Waals surface area contributed by atoms with Crippen molar-refractivity contribution < 1.29 is 39.1 Å². The van der Waals surface area contributed by atoms with Crippen molar-refractivity contribution in [2.45, 2.75) is 108 Å².